The summed E-state index contributed by atoms with van der Waals surface area (Å²) in [7, 11) is -3.95. The van der Waals surface area contributed by atoms with Crippen LogP contribution >= 0.6 is 0 Å². The lowest BCUT2D eigenvalue weighted by atomic mass is 10.1. The average Bonchev–Trinajstić information content (AvgIpc) is 2.99. The third kappa shape index (κ3) is 2.49. The largest absolute Gasteiger partial charge is 0.272 e. The minimum atomic E-state index is -3.95. The molecule has 2 aliphatic rings. The molecular formula is C18H19NO4S2. The summed E-state index contributed by atoms with van der Waals surface area (Å²) in [4.78, 5) is 0.222. The van der Waals surface area contributed by atoms with E-state index in [-0.39, 0.29) is 4.90 Å². The number of hydrogen-bond donors (Lipinski definition) is 0. The Hall–Kier alpha value is -1.54. The first-order chi connectivity index (χ1) is 11.8. The van der Waals surface area contributed by atoms with E-state index in [0.29, 0.717) is 17.5 Å². The Bertz CT molecular complexity index is 977. The van der Waals surface area contributed by atoms with Crippen LogP contribution in [-0.4, -0.2) is 22.4 Å². The van der Waals surface area contributed by atoms with Crippen LogP contribution in [0.5, 0.6) is 0 Å². The fraction of sp³-hybridized carbons (Fsp3) is 0.333. The molecule has 0 aromatic heterocycles. The summed E-state index contributed by atoms with van der Waals surface area (Å²) >= 11 is -2.02. The molecule has 1 fully saturated rings. The van der Waals surface area contributed by atoms with E-state index < -0.39 is 33.4 Å². The summed E-state index contributed by atoms with van der Waals surface area (Å²) in [6, 6.07) is 10.8. The number of benzene rings is 2. The van der Waals surface area contributed by atoms with Gasteiger partial charge in [0.15, 0.2) is 0 Å². The lowest BCUT2D eigenvalue weighted by Crippen LogP contribution is -2.33. The number of sulfonamides is 1. The van der Waals surface area contributed by atoms with E-state index in [0.717, 1.165) is 20.4 Å². The van der Waals surface area contributed by atoms with Gasteiger partial charge in [-0.1, -0.05) is 45.7 Å². The lowest BCUT2D eigenvalue weighted by Gasteiger charge is -2.22. The van der Waals surface area contributed by atoms with Crippen LogP contribution in [0.4, 0.5) is 0 Å². The molecule has 0 amide bonds. The van der Waals surface area contributed by atoms with Crippen LogP contribution in [0.3, 0.4) is 0 Å². The number of fused-ring (bicyclic) bond motifs is 3. The smallest absolute Gasteiger partial charge is 0.257 e. The van der Waals surface area contributed by atoms with Gasteiger partial charge in [-0.15, -0.1) is 0 Å². The van der Waals surface area contributed by atoms with Crippen LogP contribution in [0, 0.1) is 20.8 Å². The Balaban J connectivity index is 1.88. The third-order valence-corrected chi connectivity index (χ3v) is 8.57. The van der Waals surface area contributed by atoms with Crippen molar-refractivity contribution in [2.45, 2.75) is 44.2 Å². The van der Waals surface area contributed by atoms with Gasteiger partial charge in [-0.05, 0) is 43.0 Å². The maximum absolute atomic E-state index is 13.4. The van der Waals surface area contributed by atoms with Gasteiger partial charge in [0.25, 0.3) is 21.3 Å². The van der Waals surface area contributed by atoms with Crippen molar-refractivity contribution < 1.29 is 16.8 Å². The number of rotatable bonds is 2. The third-order valence-electron chi connectivity index (χ3n) is 4.83. The first-order valence-electron chi connectivity index (χ1n) is 8.10. The molecule has 1 aliphatic heterocycles. The second-order valence-corrected chi connectivity index (χ2v) is 9.69. The van der Waals surface area contributed by atoms with Crippen LogP contribution < -0.4 is 0 Å². The fourth-order valence-corrected chi connectivity index (χ4v) is 7.54. The van der Waals surface area contributed by atoms with Crippen molar-refractivity contribution >= 4 is 21.3 Å². The van der Waals surface area contributed by atoms with Crippen molar-refractivity contribution in [1.29, 1.82) is 0 Å². The molecule has 0 saturated carbocycles. The molecule has 2 aromatic rings. The second kappa shape index (κ2) is 5.74. The Morgan fingerprint density at radius 2 is 1.76 bits per heavy atom. The highest BCUT2D eigenvalue weighted by Gasteiger charge is 2.53. The zero-order valence-electron chi connectivity index (χ0n) is 14.2. The van der Waals surface area contributed by atoms with Gasteiger partial charge in [0.05, 0.1) is 10.9 Å². The maximum Gasteiger partial charge on any atom is 0.257 e. The predicted molar refractivity (Wildman–Crippen MR) is 95.6 cm³/mol. The van der Waals surface area contributed by atoms with Gasteiger partial charge in [0.2, 0.25) is 0 Å². The highest BCUT2D eigenvalue weighted by molar-refractivity contribution is 7.99. The first-order valence-corrected chi connectivity index (χ1v) is 10.6. The zero-order chi connectivity index (χ0) is 17.9. The number of aryl methyl sites for hydroxylation is 3. The van der Waals surface area contributed by atoms with E-state index in [9.17, 15) is 12.6 Å². The predicted octanol–water partition coefficient (Wildman–Crippen LogP) is 2.88. The summed E-state index contributed by atoms with van der Waals surface area (Å²) in [5, 5.41) is 0. The van der Waals surface area contributed by atoms with E-state index in [1.54, 1.807) is 13.8 Å². The minimum absolute atomic E-state index is 0.222. The van der Waals surface area contributed by atoms with Gasteiger partial charge in [-0.2, -0.15) is 0 Å². The monoisotopic (exact) mass is 377 g/mol. The Kier molecular flexibility index (Phi) is 3.88. The molecular weight excluding hydrogens is 358 g/mol. The van der Waals surface area contributed by atoms with Crippen LogP contribution in [0.25, 0.3) is 0 Å². The molecule has 0 bridgehead atoms. The normalized spacial score (nSPS) is 25.8. The van der Waals surface area contributed by atoms with Crippen LogP contribution in [0.2, 0.25) is 0 Å². The van der Waals surface area contributed by atoms with Crippen molar-refractivity contribution in [1.82, 2.24) is 3.71 Å². The summed E-state index contributed by atoms with van der Waals surface area (Å²) in [6.07, 6.45) is 0.170. The van der Waals surface area contributed by atoms with Crippen molar-refractivity contribution in [2.75, 3.05) is 0 Å². The summed E-state index contributed by atoms with van der Waals surface area (Å²) in [5.41, 5.74) is 4.24. The molecule has 5 nitrogen and oxygen atoms in total. The van der Waals surface area contributed by atoms with Gasteiger partial charge >= 0.3 is 0 Å². The molecule has 1 saturated heterocycles. The zero-order valence-corrected chi connectivity index (χ0v) is 15.9. The van der Waals surface area contributed by atoms with Crippen molar-refractivity contribution in [3.8, 4) is 0 Å². The van der Waals surface area contributed by atoms with E-state index in [1.165, 1.54) is 0 Å². The second-order valence-electron chi connectivity index (χ2n) is 6.69. The number of hydrogen-bond acceptors (Lipinski definition) is 4. The van der Waals surface area contributed by atoms with Gasteiger partial charge in [0.1, 0.15) is 6.10 Å². The maximum atomic E-state index is 13.4. The molecule has 7 heteroatoms. The van der Waals surface area contributed by atoms with Gasteiger partial charge in [0, 0.05) is 6.42 Å². The quantitative estimate of drug-likeness (QED) is 0.807. The molecule has 25 heavy (non-hydrogen) atoms. The van der Waals surface area contributed by atoms with Crippen LogP contribution in [-0.2, 0) is 31.9 Å². The Morgan fingerprint density at radius 1 is 1.12 bits per heavy atom. The highest BCUT2D eigenvalue weighted by Crippen LogP contribution is 2.46. The van der Waals surface area contributed by atoms with E-state index in [2.05, 4.69) is 0 Å². The number of nitrogens with zero attached hydrogens (tertiary/aromatic N) is 1. The van der Waals surface area contributed by atoms with Crippen molar-refractivity contribution in [3.63, 3.8) is 0 Å². The van der Waals surface area contributed by atoms with Gasteiger partial charge < -0.3 is 0 Å². The lowest BCUT2D eigenvalue weighted by molar-refractivity contribution is 0.230. The van der Waals surface area contributed by atoms with Gasteiger partial charge in [-0.3, -0.25) is 4.18 Å². The molecule has 1 aliphatic carbocycles. The van der Waals surface area contributed by atoms with Crippen LogP contribution in [0.1, 0.15) is 33.9 Å². The van der Waals surface area contributed by atoms with Crippen molar-refractivity contribution in [2.24, 2.45) is 0 Å². The molecule has 2 aromatic carbocycles. The Morgan fingerprint density at radius 3 is 2.44 bits per heavy atom. The topological polar surface area (TPSA) is 63.7 Å². The van der Waals surface area contributed by atoms with Crippen LogP contribution in [0.15, 0.2) is 41.3 Å². The SMILES string of the molecule is Cc1cc(C)c(S(=O)(=O)N2[C@H]3c4ccccc4C[C@H]3O[S@]2=O)c(C)c1. The molecule has 0 spiro atoms. The fourth-order valence-electron chi connectivity index (χ4n) is 4.01. The van der Waals surface area contributed by atoms with E-state index in [4.69, 9.17) is 4.18 Å². The summed E-state index contributed by atoms with van der Waals surface area (Å²) in [5.74, 6) is 0. The molecule has 3 atom stereocenters. The minimum Gasteiger partial charge on any atom is -0.272 e. The summed E-state index contributed by atoms with van der Waals surface area (Å²) < 4.78 is 45.9. The first kappa shape index (κ1) is 16.9. The molecule has 0 N–H and O–H groups in total. The van der Waals surface area contributed by atoms with Crippen molar-refractivity contribution in [3.05, 3.63) is 64.2 Å². The summed E-state index contributed by atoms with van der Waals surface area (Å²) in [6.45, 7) is 5.47. The highest BCUT2D eigenvalue weighted by atomic mass is 32.3. The van der Waals surface area contributed by atoms with E-state index >= 15 is 0 Å². The molecule has 132 valence electrons. The average molecular weight is 377 g/mol. The molecule has 0 radical (unpaired) electrons. The van der Waals surface area contributed by atoms with E-state index in [1.807, 2.05) is 43.3 Å². The molecule has 4 rings (SSSR count). The molecule has 1 heterocycles. The van der Waals surface area contributed by atoms with Gasteiger partial charge in [-0.25, -0.2) is 12.6 Å². The Labute approximate surface area is 150 Å². The molecule has 0 unspecified atom stereocenters. The standard InChI is InChI=1S/C18H19NO4S2/c1-11-8-12(2)18(13(3)9-11)25(21,22)19-17-15-7-5-4-6-14(15)10-16(17)23-24(19)20/h4-9,16-17H,10H2,1-3H3/t16-,17+,24-/m1/s1.